The average Bonchev–Trinajstić information content (AvgIpc) is 3.05. The number of methoxy groups -OCH3 is 1. The Hall–Kier alpha value is -2.14. The largest absolute Gasteiger partial charge is 0.475 e. The molecule has 5 nitrogen and oxygen atoms in total. The van der Waals surface area contributed by atoms with E-state index in [1.165, 1.54) is 11.6 Å². The zero-order valence-corrected chi connectivity index (χ0v) is 11.1. The zero-order chi connectivity index (χ0) is 14.2. The van der Waals surface area contributed by atoms with Crippen molar-refractivity contribution in [2.75, 3.05) is 13.7 Å². The molecule has 1 heterocycles. The van der Waals surface area contributed by atoms with Crippen LogP contribution in [0.15, 0.2) is 34.9 Å². The number of aromatic carboxylic acids is 1. The Morgan fingerprint density at radius 1 is 1.40 bits per heavy atom. The van der Waals surface area contributed by atoms with Gasteiger partial charge in [-0.05, 0) is 18.4 Å². The van der Waals surface area contributed by atoms with Gasteiger partial charge in [-0.2, -0.15) is 0 Å². The summed E-state index contributed by atoms with van der Waals surface area (Å²) in [5.41, 5.74) is 2.80. The van der Waals surface area contributed by atoms with Crippen molar-refractivity contribution in [3.63, 3.8) is 0 Å². The molecule has 0 spiro atoms. The summed E-state index contributed by atoms with van der Waals surface area (Å²) in [6, 6.07) is 9.41. The molecule has 5 heteroatoms. The summed E-state index contributed by atoms with van der Waals surface area (Å²) in [5, 5.41) is 12.6. The van der Waals surface area contributed by atoms with E-state index in [2.05, 4.69) is 17.3 Å². The van der Waals surface area contributed by atoms with Gasteiger partial charge in [0.25, 0.3) is 0 Å². The molecule has 0 unspecified atom stereocenters. The molecule has 3 rings (SSSR count). The van der Waals surface area contributed by atoms with Crippen LogP contribution in [0.1, 0.15) is 29.0 Å². The van der Waals surface area contributed by atoms with Gasteiger partial charge >= 0.3 is 5.97 Å². The monoisotopic (exact) mass is 273 g/mol. The quantitative estimate of drug-likeness (QED) is 0.906. The number of rotatable bonds is 5. The Kier molecular flexibility index (Phi) is 3.06. The maximum Gasteiger partial charge on any atom is 0.374 e. The van der Waals surface area contributed by atoms with Crippen molar-refractivity contribution < 1.29 is 19.2 Å². The maximum atomic E-state index is 10.8. The second-order valence-corrected chi connectivity index (χ2v) is 5.17. The number of carbonyl (C=O) groups is 1. The molecule has 20 heavy (non-hydrogen) atoms. The van der Waals surface area contributed by atoms with Gasteiger partial charge in [0, 0.05) is 24.2 Å². The van der Waals surface area contributed by atoms with Crippen LogP contribution in [0.2, 0.25) is 0 Å². The lowest BCUT2D eigenvalue weighted by molar-refractivity contribution is 0.0652. The molecule has 1 fully saturated rings. The van der Waals surface area contributed by atoms with E-state index in [0.29, 0.717) is 5.69 Å². The molecule has 1 aliphatic rings. The standard InChI is InChI=1S/C15H15NO4/c1-19-9-15(6-7-15)11-4-2-10(3-5-11)12-8-13(14(17)18)20-16-12/h2-5,8H,6-7,9H2,1H3,(H,17,18). The van der Waals surface area contributed by atoms with Crippen LogP contribution in [0, 0.1) is 0 Å². The first-order valence-electron chi connectivity index (χ1n) is 6.44. The molecule has 1 saturated carbocycles. The van der Waals surface area contributed by atoms with Crippen LogP contribution in [-0.4, -0.2) is 29.9 Å². The Morgan fingerprint density at radius 2 is 2.10 bits per heavy atom. The molecule has 104 valence electrons. The van der Waals surface area contributed by atoms with Crippen LogP contribution in [-0.2, 0) is 10.2 Å². The van der Waals surface area contributed by atoms with Crippen molar-refractivity contribution in [3.8, 4) is 11.3 Å². The van der Waals surface area contributed by atoms with Crippen LogP contribution in [0.3, 0.4) is 0 Å². The third kappa shape index (κ3) is 2.20. The summed E-state index contributed by atoms with van der Waals surface area (Å²) >= 11 is 0. The highest BCUT2D eigenvalue weighted by Gasteiger charge is 2.44. The maximum absolute atomic E-state index is 10.8. The summed E-state index contributed by atoms with van der Waals surface area (Å²) in [4.78, 5) is 10.8. The molecule has 0 atom stereocenters. The van der Waals surface area contributed by atoms with Crippen LogP contribution < -0.4 is 0 Å². The Labute approximate surface area is 116 Å². The number of hydrogen-bond donors (Lipinski definition) is 1. The van der Waals surface area contributed by atoms with Crippen LogP contribution in [0.25, 0.3) is 11.3 Å². The number of hydrogen-bond acceptors (Lipinski definition) is 4. The van der Waals surface area contributed by atoms with Gasteiger partial charge in [-0.25, -0.2) is 4.79 Å². The van der Waals surface area contributed by atoms with Crippen LogP contribution in [0.4, 0.5) is 0 Å². The molecule has 0 amide bonds. The Bertz CT molecular complexity index is 626. The number of carboxylic acid groups (broad SMARTS) is 1. The fourth-order valence-electron chi connectivity index (χ4n) is 2.45. The van der Waals surface area contributed by atoms with Crippen molar-refractivity contribution in [1.29, 1.82) is 0 Å². The summed E-state index contributed by atoms with van der Waals surface area (Å²) in [5.74, 6) is -1.26. The predicted octanol–water partition coefficient (Wildman–Crippen LogP) is 2.72. The van der Waals surface area contributed by atoms with Crippen LogP contribution in [0.5, 0.6) is 0 Å². The molecule has 0 saturated heterocycles. The number of carboxylic acids is 1. The average molecular weight is 273 g/mol. The molecule has 2 aromatic rings. The topological polar surface area (TPSA) is 72.6 Å². The predicted molar refractivity (Wildman–Crippen MR) is 71.7 cm³/mol. The van der Waals surface area contributed by atoms with E-state index in [0.717, 1.165) is 25.0 Å². The highest BCUT2D eigenvalue weighted by Crippen LogP contribution is 2.48. The number of nitrogens with zero attached hydrogens (tertiary/aromatic N) is 1. The second kappa shape index (κ2) is 4.76. The van der Waals surface area contributed by atoms with E-state index in [1.807, 2.05) is 12.1 Å². The molecule has 1 aliphatic carbocycles. The van der Waals surface area contributed by atoms with Crippen LogP contribution >= 0.6 is 0 Å². The first-order valence-corrected chi connectivity index (χ1v) is 6.44. The molecular weight excluding hydrogens is 258 g/mol. The Morgan fingerprint density at radius 3 is 2.60 bits per heavy atom. The van der Waals surface area contributed by atoms with Crippen molar-refractivity contribution in [2.24, 2.45) is 0 Å². The summed E-state index contributed by atoms with van der Waals surface area (Å²) in [6.45, 7) is 0.736. The lowest BCUT2D eigenvalue weighted by Gasteiger charge is -2.14. The van der Waals surface area contributed by atoms with Gasteiger partial charge in [0.1, 0.15) is 5.69 Å². The van der Waals surface area contributed by atoms with Gasteiger partial charge in [0.05, 0.1) is 6.61 Å². The molecule has 0 radical (unpaired) electrons. The van der Waals surface area contributed by atoms with E-state index in [4.69, 9.17) is 14.4 Å². The first-order chi connectivity index (χ1) is 9.64. The highest BCUT2D eigenvalue weighted by atomic mass is 16.5. The highest BCUT2D eigenvalue weighted by molar-refractivity contribution is 5.85. The second-order valence-electron chi connectivity index (χ2n) is 5.17. The van der Waals surface area contributed by atoms with Gasteiger partial charge in [-0.15, -0.1) is 0 Å². The lowest BCUT2D eigenvalue weighted by Crippen LogP contribution is -2.13. The number of benzene rings is 1. The van der Waals surface area contributed by atoms with Crippen molar-refractivity contribution >= 4 is 5.97 Å². The van der Waals surface area contributed by atoms with E-state index >= 15 is 0 Å². The minimum atomic E-state index is -1.11. The third-order valence-electron chi connectivity index (χ3n) is 3.79. The zero-order valence-electron chi connectivity index (χ0n) is 11.1. The molecule has 1 aromatic heterocycles. The van der Waals surface area contributed by atoms with Crippen molar-refractivity contribution in [3.05, 3.63) is 41.7 Å². The van der Waals surface area contributed by atoms with E-state index < -0.39 is 5.97 Å². The van der Waals surface area contributed by atoms with Gasteiger partial charge in [0.2, 0.25) is 5.76 Å². The molecule has 1 aromatic carbocycles. The lowest BCUT2D eigenvalue weighted by atomic mass is 9.95. The summed E-state index contributed by atoms with van der Waals surface area (Å²) in [7, 11) is 1.72. The first kappa shape index (κ1) is 12.9. The molecule has 1 N–H and O–H groups in total. The fourth-order valence-corrected chi connectivity index (χ4v) is 2.45. The van der Waals surface area contributed by atoms with Gasteiger partial charge in [-0.1, -0.05) is 29.4 Å². The molecule has 0 aliphatic heterocycles. The number of aromatic nitrogens is 1. The van der Waals surface area contributed by atoms with E-state index in [9.17, 15) is 4.79 Å². The Balaban J connectivity index is 1.84. The smallest absolute Gasteiger partial charge is 0.374 e. The van der Waals surface area contributed by atoms with E-state index in [-0.39, 0.29) is 11.2 Å². The van der Waals surface area contributed by atoms with Crippen molar-refractivity contribution in [2.45, 2.75) is 18.3 Å². The van der Waals surface area contributed by atoms with Crippen molar-refractivity contribution in [1.82, 2.24) is 5.16 Å². The van der Waals surface area contributed by atoms with E-state index in [1.54, 1.807) is 7.11 Å². The summed E-state index contributed by atoms with van der Waals surface area (Å²) < 4.78 is 10.0. The molecule has 0 bridgehead atoms. The van der Waals surface area contributed by atoms with Gasteiger partial charge in [-0.3, -0.25) is 0 Å². The molecular formula is C15H15NO4. The normalized spacial score (nSPS) is 16.1. The third-order valence-corrected chi connectivity index (χ3v) is 3.79. The minimum Gasteiger partial charge on any atom is -0.475 e. The number of ether oxygens (including phenoxy) is 1. The SMILES string of the molecule is COCC1(c2ccc(-c3cc(C(=O)O)on3)cc2)CC1. The minimum absolute atomic E-state index is 0.151. The van der Waals surface area contributed by atoms with Gasteiger partial charge in [0.15, 0.2) is 0 Å². The fraction of sp³-hybridized carbons (Fsp3) is 0.333. The summed E-state index contributed by atoms with van der Waals surface area (Å²) in [6.07, 6.45) is 2.29. The van der Waals surface area contributed by atoms with Gasteiger partial charge < -0.3 is 14.4 Å².